The molecule has 94 valence electrons. The minimum absolute atomic E-state index is 0.120. The fraction of sp³-hybridized carbons (Fsp3) is 0.800. The van der Waals surface area contributed by atoms with Crippen molar-refractivity contribution in [3.05, 3.63) is 0 Å². The van der Waals surface area contributed by atoms with Crippen LogP contribution in [0.5, 0.6) is 0 Å². The van der Waals surface area contributed by atoms with Gasteiger partial charge in [-0.15, -0.1) is 0 Å². The summed E-state index contributed by atoms with van der Waals surface area (Å²) in [6.45, 7) is 5.12. The van der Waals surface area contributed by atoms with E-state index in [0.29, 0.717) is 5.33 Å². The van der Waals surface area contributed by atoms with Gasteiger partial charge < -0.3 is 15.2 Å². The Hall–Kier alpha value is -0.620. The maximum absolute atomic E-state index is 11.8. The Balaban J connectivity index is 4.91. The van der Waals surface area contributed by atoms with Crippen LogP contribution in [0, 0.1) is 0 Å². The van der Waals surface area contributed by atoms with E-state index < -0.39 is 23.1 Å². The van der Waals surface area contributed by atoms with Crippen LogP contribution >= 0.6 is 15.9 Å². The van der Waals surface area contributed by atoms with Gasteiger partial charge in [0.15, 0.2) is 0 Å². The van der Waals surface area contributed by atoms with Crippen molar-refractivity contribution in [1.82, 2.24) is 0 Å². The Morgan fingerprint density at radius 3 is 2.06 bits per heavy atom. The van der Waals surface area contributed by atoms with Crippen molar-refractivity contribution in [3.63, 3.8) is 0 Å². The minimum atomic E-state index is -1.74. The molecular formula is C10H18BrNO4. The van der Waals surface area contributed by atoms with Crippen LogP contribution in [0.4, 0.5) is 0 Å². The van der Waals surface area contributed by atoms with Crippen LogP contribution in [0.15, 0.2) is 0 Å². The largest absolute Gasteiger partial charge is 0.467 e. The number of methoxy groups -OCH3 is 1. The molecule has 0 radical (unpaired) electrons. The maximum Gasteiger partial charge on any atom is 0.338 e. The topological polar surface area (TPSA) is 78.6 Å². The van der Waals surface area contributed by atoms with Crippen molar-refractivity contribution in [2.75, 3.05) is 12.4 Å². The quantitative estimate of drug-likeness (QED) is 0.475. The first-order chi connectivity index (χ1) is 7.17. The Morgan fingerprint density at radius 2 is 1.75 bits per heavy atom. The molecule has 0 heterocycles. The lowest BCUT2D eigenvalue weighted by Gasteiger charge is -2.28. The van der Waals surface area contributed by atoms with E-state index in [1.54, 1.807) is 20.8 Å². The molecule has 0 aliphatic rings. The zero-order chi connectivity index (χ0) is 13.0. The monoisotopic (exact) mass is 295 g/mol. The van der Waals surface area contributed by atoms with Crippen molar-refractivity contribution in [3.8, 4) is 0 Å². The number of alkyl halides is 1. The molecule has 0 aliphatic carbocycles. The van der Waals surface area contributed by atoms with Gasteiger partial charge in [0.05, 0.1) is 7.11 Å². The SMILES string of the molecule is COC(=O)C(N)(CCBr)C(=O)OC(C)(C)C. The summed E-state index contributed by atoms with van der Waals surface area (Å²) in [5.41, 5.74) is 3.30. The second-order valence-electron chi connectivity index (χ2n) is 4.40. The number of esters is 2. The Kier molecular flexibility index (Phi) is 5.41. The van der Waals surface area contributed by atoms with Gasteiger partial charge in [-0.2, -0.15) is 0 Å². The number of nitrogens with two attached hydrogens (primary N) is 1. The highest BCUT2D eigenvalue weighted by Gasteiger charge is 2.45. The lowest BCUT2D eigenvalue weighted by Crippen LogP contribution is -2.57. The first-order valence-electron chi connectivity index (χ1n) is 4.84. The molecule has 5 nitrogen and oxygen atoms in total. The number of rotatable bonds is 4. The molecule has 6 heteroatoms. The molecule has 1 unspecified atom stereocenters. The Morgan fingerprint density at radius 1 is 1.25 bits per heavy atom. The maximum atomic E-state index is 11.8. The lowest BCUT2D eigenvalue weighted by molar-refractivity contribution is -0.170. The number of hydrogen-bond donors (Lipinski definition) is 1. The van der Waals surface area contributed by atoms with E-state index in [0.717, 1.165) is 0 Å². The van der Waals surface area contributed by atoms with Gasteiger partial charge >= 0.3 is 11.9 Å². The Labute approximate surface area is 104 Å². The van der Waals surface area contributed by atoms with Crippen LogP contribution in [0.25, 0.3) is 0 Å². The van der Waals surface area contributed by atoms with Gasteiger partial charge in [-0.05, 0) is 27.2 Å². The molecule has 0 saturated heterocycles. The van der Waals surface area contributed by atoms with Crippen LogP contribution < -0.4 is 5.73 Å². The van der Waals surface area contributed by atoms with Gasteiger partial charge in [0.1, 0.15) is 5.60 Å². The fourth-order valence-electron chi connectivity index (χ4n) is 0.988. The number of carbonyl (C=O) groups excluding carboxylic acids is 2. The van der Waals surface area contributed by atoms with Crippen LogP contribution in [0.2, 0.25) is 0 Å². The molecule has 0 aromatic carbocycles. The highest BCUT2D eigenvalue weighted by atomic mass is 79.9. The molecule has 0 aliphatic heterocycles. The molecule has 2 N–H and O–H groups in total. The third-order valence-electron chi connectivity index (χ3n) is 1.80. The smallest absolute Gasteiger partial charge is 0.338 e. The van der Waals surface area contributed by atoms with Crippen LogP contribution in [-0.4, -0.2) is 35.5 Å². The van der Waals surface area contributed by atoms with E-state index in [-0.39, 0.29) is 6.42 Å². The average Bonchev–Trinajstić information content (AvgIpc) is 2.14. The van der Waals surface area contributed by atoms with Crippen molar-refractivity contribution >= 4 is 27.9 Å². The summed E-state index contributed by atoms with van der Waals surface area (Å²) in [6.07, 6.45) is 0.120. The van der Waals surface area contributed by atoms with Crippen molar-refractivity contribution < 1.29 is 19.1 Å². The van der Waals surface area contributed by atoms with Gasteiger partial charge in [0, 0.05) is 5.33 Å². The molecule has 0 bridgehead atoms. The summed E-state index contributed by atoms with van der Waals surface area (Å²) in [5, 5.41) is 0.401. The number of hydrogen-bond acceptors (Lipinski definition) is 5. The second-order valence-corrected chi connectivity index (χ2v) is 5.20. The summed E-state index contributed by atoms with van der Waals surface area (Å²) in [6, 6.07) is 0. The molecule has 0 aromatic rings. The second kappa shape index (κ2) is 5.63. The lowest BCUT2D eigenvalue weighted by atomic mass is 9.97. The summed E-state index contributed by atoms with van der Waals surface area (Å²) in [4.78, 5) is 23.3. The predicted octanol–water partition coefficient (Wildman–Crippen LogP) is 0.984. The molecule has 0 fully saturated rings. The zero-order valence-electron chi connectivity index (χ0n) is 10.0. The fourth-order valence-corrected chi connectivity index (χ4v) is 1.61. The van der Waals surface area contributed by atoms with Gasteiger partial charge in [-0.25, -0.2) is 9.59 Å². The standard InChI is InChI=1S/C10H18BrNO4/c1-9(2,3)16-8(14)10(12,5-6-11)7(13)15-4/h5-6,12H2,1-4H3. The average molecular weight is 296 g/mol. The van der Waals surface area contributed by atoms with Crippen molar-refractivity contribution in [2.45, 2.75) is 38.3 Å². The minimum Gasteiger partial charge on any atom is -0.467 e. The van der Waals surface area contributed by atoms with Gasteiger partial charge in [0.25, 0.3) is 0 Å². The van der Waals surface area contributed by atoms with Gasteiger partial charge in [-0.1, -0.05) is 15.9 Å². The molecule has 0 rings (SSSR count). The highest BCUT2D eigenvalue weighted by molar-refractivity contribution is 9.09. The predicted molar refractivity (Wildman–Crippen MR) is 63.2 cm³/mol. The summed E-state index contributed by atoms with van der Waals surface area (Å²) >= 11 is 3.14. The van der Waals surface area contributed by atoms with E-state index in [2.05, 4.69) is 20.7 Å². The molecule has 0 spiro atoms. The van der Waals surface area contributed by atoms with E-state index in [9.17, 15) is 9.59 Å². The number of ether oxygens (including phenoxy) is 2. The number of halogens is 1. The summed E-state index contributed by atoms with van der Waals surface area (Å²) in [7, 11) is 1.18. The first-order valence-corrected chi connectivity index (χ1v) is 5.96. The normalized spacial score (nSPS) is 15.1. The van der Waals surface area contributed by atoms with Crippen molar-refractivity contribution in [1.29, 1.82) is 0 Å². The molecule has 16 heavy (non-hydrogen) atoms. The molecule has 1 atom stereocenters. The third kappa shape index (κ3) is 4.09. The van der Waals surface area contributed by atoms with E-state index in [4.69, 9.17) is 10.5 Å². The molecule has 0 amide bonds. The van der Waals surface area contributed by atoms with Crippen LogP contribution in [0.1, 0.15) is 27.2 Å². The molecular weight excluding hydrogens is 278 g/mol. The van der Waals surface area contributed by atoms with Crippen molar-refractivity contribution in [2.24, 2.45) is 5.73 Å². The van der Waals surface area contributed by atoms with E-state index in [1.807, 2.05) is 0 Å². The van der Waals surface area contributed by atoms with E-state index in [1.165, 1.54) is 7.11 Å². The highest BCUT2D eigenvalue weighted by Crippen LogP contribution is 2.18. The molecule has 0 saturated carbocycles. The zero-order valence-corrected chi connectivity index (χ0v) is 11.6. The molecule has 0 aromatic heterocycles. The number of carbonyl (C=O) groups is 2. The first kappa shape index (κ1) is 15.4. The van der Waals surface area contributed by atoms with Crippen LogP contribution in [-0.2, 0) is 19.1 Å². The van der Waals surface area contributed by atoms with E-state index >= 15 is 0 Å². The summed E-state index contributed by atoms with van der Waals surface area (Å²) < 4.78 is 9.61. The van der Waals surface area contributed by atoms with Gasteiger partial charge in [0.2, 0.25) is 5.54 Å². The van der Waals surface area contributed by atoms with Gasteiger partial charge in [-0.3, -0.25) is 0 Å². The Bertz CT molecular complexity index is 274. The summed E-state index contributed by atoms with van der Waals surface area (Å²) in [5.74, 6) is -1.56. The van der Waals surface area contributed by atoms with Crippen LogP contribution in [0.3, 0.4) is 0 Å². The third-order valence-corrected chi connectivity index (χ3v) is 2.20.